The number of halogens is 2. The Morgan fingerprint density at radius 2 is 1.87 bits per heavy atom. The molecule has 0 aromatic heterocycles. The second-order valence-electron chi connectivity index (χ2n) is 7.02. The van der Waals surface area contributed by atoms with E-state index in [9.17, 15) is 4.79 Å². The Bertz CT molecular complexity index is 575. The summed E-state index contributed by atoms with van der Waals surface area (Å²) in [5, 5.41) is 0. The lowest BCUT2D eigenvalue weighted by Gasteiger charge is -2.42. The van der Waals surface area contributed by atoms with Crippen LogP contribution in [0, 0.1) is 9.49 Å². The van der Waals surface area contributed by atoms with Crippen LogP contribution in [0.25, 0.3) is 0 Å². The number of fused-ring (bicyclic) bond motifs is 2. The lowest BCUT2D eigenvalue weighted by Crippen LogP contribution is -2.49. The second kappa shape index (κ2) is 6.89. The highest BCUT2D eigenvalue weighted by Gasteiger charge is 2.50. The number of nitrogens with zero attached hydrogens (tertiary/aromatic N) is 1. The van der Waals surface area contributed by atoms with Gasteiger partial charge in [-0.2, -0.15) is 0 Å². The maximum Gasteiger partial charge on any atom is 0.311 e. The highest BCUT2D eigenvalue weighted by atomic mass is 127. The molecule has 2 saturated heterocycles. The van der Waals surface area contributed by atoms with E-state index in [1.54, 1.807) is 0 Å². The van der Waals surface area contributed by atoms with Crippen LogP contribution in [0.15, 0.2) is 24.3 Å². The van der Waals surface area contributed by atoms with Crippen molar-refractivity contribution < 1.29 is 9.53 Å². The number of benzene rings is 1. The summed E-state index contributed by atoms with van der Waals surface area (Å²) in [5.41, 5.74) is 1.31. The largest absolute Gasteiger partial charge is 0.462 e. The molecular formula is C18H23ClINO2. The van der Waals surface area contributed by atoms with Crippen molar-refractivity contribution in [3.8, 4) is 0 Å². The van der Waals surface area contributed by atoms with E-state index in [4.69, 9.17) is 4.74 Å². The predicted octanol–water partition coefficient (Wildman–Crippen LogP) is 3.98. The highest BCUT2D eigenvalue weighted by Crippen LogP contribution is 2.47. The summed E-state index contributed by atoms with van der Waals surface area (Å²) in [4.78, 5) is 15.2. The minimum absolute atomic E-state index is 0. The number of ether oxygens (including phenoxy) is 1. The molecule has 4 atom stereocenters. The molecule has 1 aliphatic carbocycles. The van der Waals surface area contributed by atoms with E-state index in [2.05, 4.69) is 58.8 Å². The molecule has 2 unspecified atom stereocenters. The molecule has 23 heavy (non-hydrogen) atoms. The Morgan fingerprint density at radius 1 is 1.17 bits per heavy atom. The summed E-state index contributed by atoms with van der Waals surface area (Å²) in [5.74, 6) is 0.365. The third-order valence-electron chi connectivity index (χ3n) is 5.65. The molecular weight excluding hydrogens is 425 g/mol. The molecule has 0 N–H and O–H groups in total. The minimum atomic E-state index is 0. The van der Waals surface area contributed by atoms with Crippen molar-refractivity contribution in [2.24, 2.45) is 5.92 Å². The average molecular weight is 448 g/mol. The first-order valence-electron chi connectivity index (χ1n) is 8.31. The van der Waals surface area contributed by atoms with Crippen LogP contribution in [-0.2, 0) is 9.53 Å². The first-order chi connectivity index (χ1) is 10.6. The Labute approximate surface area is 157 Å². The highest BCUT2D eigenvalue weighted by molar-refractivity contribution is 14.1. The maximum atomic E-state index is 12.8. The van der Waals surface area contributed by atoms with Crippen molar-refractivity contribution in [3.05, 3.63) is 33.4 Å². The van der Waals surface area contributed by atoms with Gasteiger partial charge in [-0.1, -0.05) is 12.1 Å². The van der Waals surface area contributed by atoms with E-state index in [1.165, 1.54) is 15.6 Å². The van der Waals surface area contributed by atoms with Gasteiger partial charge in [0.1, 0.15) is 6.10 Å². The molecule has 2 aliphatic heterocycles. The van der Waals surface area contributed by atoms with E-state index in [1.807, 2.05) is 0 Å². The maximum absolute atomic E-state index is 12.8. The van der Waals surface area contributed by atoms with E-state index in [0.717, 1.165) is 25.7 Å². The lowest BCUT2D eigenvalue weighted by atomic mass is 9.76. The number of carbonyl (C=O) groups excluding carboxylic acids is 1. The van der Waals surface area contributed by atoms with Gasteiger partial charge < -0.3 is 4.74 Å². The first-order valence-corrected chi connectivity index (χ1v) is 9.39. The van der Waals surface area contributed by atoms with Gasteiger partial charge in [-0.25, -0.2) is 0 Å². The molecule has 3 fully saturated rings. The topological polar surface area (TPSA) is 29.5 Å². The van der Waals surface area contributed by atoms with E-state index < -0.39 is 0 Å². The van der Waals surface area contributed by atoms with Gasteiger partial charge >= 0.3 is 5.97 Å². The summed E-state index contributed by atoms with van der Waals surface area (Å²) in [6.45, 7) is 0. The average Bonchev–Trinajstić information content (AvgIpc) is 3.27. The van der Waals surface area contributed by atoms with Crippen molar-refractivity contribution in [3.63, 3.8) is 0 Å². The Balaban J connectivity index is 0.00000156. The Morgan fingerprint density at radius 3 is 2.52 bits per heavy atom. The Hall–Kier alpha value is -0.330. The minimum Gasteiger partial charge on any atom is -0.462 e. The van der Waals surface area contributed by atoms with Crippen LogP contribution in [0.4, 0.5) is 0 Å². The first kappa shape index (κ1) is 17.5. The van der Waals surface area contributed by atoms with Gasteiger partial charge in [-0.3, -0.25) is 9.69 Å². The van der Waals surface area contributed by atoms with Crippen LogP contribution in [0.3, 0.4) is 0 Å². The quantitative estimate of drug-likeness (QED) is 0.518. The molecule has 2 bridgehead atoms. The molecule has 3 nitrogen and oxygen atoms in total. The van der Waals surface area contributed by atoms with Gasteiger partial charge in [0.2, 0.25) is 0 Å². The van der Waals surface area contributed by atoms with Gasteiger partial charge in [0.25, 0.3) is 0 Å². The summed E-state index contributed by atoms with van der Waals surface area (Å²) >= 11 is 2.33. The lowest BCUT2D eigenvalue weighted by molar-refractivity contribution is -0.154. The fourth-order valence-electron chi connectivity index (χ4n) is 4.27. The monoisotopic (exact) mass is 447 g/mol. The smallest absolute Gasteiger partial charge is 0.311 e. The molecule has 5 heteroatoms. The Kier molecular flexibility index (Phi) is 5.24. The van der Waals surface area contributed by atoms with Gasteiger partial charge in [-0.15, -0.1) is 12.4 Å². The molecule has 1 saturated carbocycles. The molecule has 3 aliphatic rings. The summed E-state index contributed by atoms with van der Waals surface area (Å²) < 4.78 is 6.95. The zero-order chi connectivity index (χ0) is 15.3. The third-order valence-corrected chi connectivity index (χ3v) is 6.37. The fourth-order valence-corrected chi connectivity index (χ4v) is 4.63. The summed E-state index contributed by atoms with van der Waals surface area (Å²) in [6.07, 6.45) is 5.74. The number of rotatable bonds is 3. The van der Waals surface area contributed by atoms with Crippen molar-refractivity contribution >= 4 is 41.0 Å². The number of hydrogen-bond acceptors (Lipinski definition) is 3. The van der Waals surface area contributed by atoms with E-state index in [-0.39, 0.29) is 30.4 Å². The zero-order valence-electron chi connectivity index (χ0n) is 13.3. The van der Waals surface area contributed by atoms with Crippen LogP contribution in [-0.4, -0.2) is 36.1 Å². The van der Waals surface area contributed by atoms with Gasteiger partial charge in [0.15, 0.2) is 0 Å². The van der Waals surface area contributed by atoms with Crippen molar-refractivity contribution in [2.75, 3.05) is 7.05 Å². The number of esters is 1. The van der Waals surface area contributed by atoms with Crippen LogP contribution >= 0.6 is 35.0 Å². The van der Waals surface area contributed by atoms with E-state index >= 15 is 0 Å². The number of carbonyl (C=O) groups is 1. The molecule has 1 aromatic rings. The second-order valence-corrected chi connectivity index (χ2v) is 8.27. The van der Waals surface area contributed by atoms with Crippen molar-refractivity contribution in [1.29, 1.82) is 0 Å². The standard InChI is InChI=1S/C18H22INO2.ClH/c1-20-13-6-9-16(20)17(18(21)22-14-7-8-14)15(10-13)11-2-4-12(19)5-3-11;/h2-5,13-17H,6-10H2,1H3;1H/t13-,15-,16?,17?;/m1./s1. The zero-order valence-corrected chi connectivity index (χ0v) is 16.3. The molecule has 4 rings (SSSR count). The SMILES string of the molecule is CN1C2CC[C@@H]1C[C@H](c1ccc(I)cc1)C2C(=O)OC1CC1.Cl. The van der Waals surface area contributed by atoms with Crippen LogP contribution in [0.5, 0.6) is 0 Å². The molecule has 1 aromatic carbocycles. The van der Waals surface area contributed by atoms with Gasteiger partial charge in [-0.05, 0) is 79.4 Å². The van der Waals surface area contributed by atoms with Gasteiger partial charge in [0, 0.05) is 21.6 Å². The number of hydrogen-bond donors (Lipinski definition) is 0. The summed E-state index contributed by atoms with van der Waals surface area (Å²) in [6, 6.07) is 9.69. The molecule has 0 amide bonds. The molecule has 0 spiro atoms. The molecule has 2 heterocycles. The predicted molar refractivity (Wildman–Crippen MR) is 101 cm³/mol. The van der Waals surface area contributed by atoms with Crippen LogP contribution < -0.4 is 0 Å². The third kappa shape index (κ3) is 3.40. The van der Waals surface area contributed by atoms with E-state index in [0.29, 0.717) is 18.0 Å². The number of piperidine rings is 1. The van der Waals surface area contributed by atoms with Gasteiger partial charge in [0.05, 0.1) is 5.92 Å². The molecule has 0 radical (unpaired) electrons. The van der Waals surface area contributed by atoms with Crippen molar-refractivity contribution in [1.82, 2.24) is 4.90 Å². The van der Waals surface area contributed by atoms with Crippen LogP contribution in [0.1, 0.15) is 43.6 Å². The van der Waals surface area contributed by atoms with Crippen LogP contribution in [0.2, 0.25) is 0 Å². The fraction of sp³-hybridized carbons (Fsp3) is 0.611. The van der Waals surface area contributed by atoms with Crippen molar-refractivity contribution in [2.45, 2.75) is 56.2 Å². The normalized spacial score (nSPS) is 33.1. The summed E-state index contributed by atoms with van der Waals surface area (Å²) in [7, 11) is 2.18. The molecule has 126 valence electrons.